The molecule has 3 N–H and O–H groups in total. The van der Waals surface area contributed by atoms with E-state index in [4.69, 9.17) is 5.73 Å². The molecule has 0 aliphatic rings. The number of pyridine rings is 1. The average Bonchev–Trinajstić information content (AvgIpc) is 2.36. The molecular formula is C13H21N3O. The van der Waals surface area contributed by atoms with Crippen molar-refractivity contribution in [3.8, 4) is 0 Å². The molecule has 1 atom stereocenters. The van der Waals surface area contributed by atoms with Gasteiger partial charge in [0.1, 0.15) is 0 Å². The predicted molar refractivity (Wildman–Crippen MR) is 68.6 cm³/mol. The molecule has 1 amide bonds. The van der Waals surface area contributed by atoms with Gasteiger partial charge in [0.25, 0.3) is 5.91 Å². The van der Waals surface area contributed by atoms with Crippen LogP contribution < -0.4 is 11.1 Å². The fraction of sp³-hybridized carbons (Fsp3) is 0.538. The lowest BCUT2D eigenvalue weighted by atomic mass is 10.1. The van der Waals surface area contributed by atoms with Crippen molar-refractivity contribution in [3.05, 3.63) is 29.6 Å². The van der Waals surface area contributed by atoms with Crippen LogP contribution in [0.4, 0.5) is 0 Å². The lowest BCUT2D eigenvalue weighted by Gasteiger charge is -2.13. The van der Waals surface area contributed by atoms with Crippen molar-refractivity contribution in [2.75, 3.05) is 0 Å². The highest BCUT2D eigenvalue weighted by Gasteiger charge is 2.09. The zero-order valence-corrected chi connectivity index (χ0v) is 10.6. The number of amides is 1. The predicted octanol–water partition coefficient (Wildman–Crippen LogP) is 1.85. The highest BCUT2D eigenvalue weighted by molar-refractivity contribution is 5.94. The van der Waals surface area contributed by atoms with Gasteiger partial charge in [0.2, 0.25) is 0 Å². The first kappa shape index (κ1) is 13.6. The number of aromatic nitrogens is 1. The van der Waals surface area contributed by atoms with Crippen LogP contribution in [0.5, 0.6) is 0 Å². The number of carbonyl (C=O) groups is 1. The number of unbranched alkanes of at least 4 members (excludes halogenated alkanes) is 1. The highest BCUT2D eigenvalue weighted by Crippen LogP contribution is 2.04. The van der Waals surface area contributed by atoms with Crippen LogP contribution in [-0.4, -0.2) is 16.9 Å². The first-order valence-corrected chi connectivity index (χ1v) is 6.13. The molecule has 0 bridgehead atoms. The summed E-state index contributed by atoms with van der Waals surface area (Å²) in [4.78, 5) is 16.0. The molecule has 0 radical (unpaired) electrons. The Morgan fingerprint density at radius 2 is 2.35 bits per heavy atom. The number of nitrogens with two attached hydrogens (primary N) is 1. The SMILES string of the molecule is CCCCC(C)NC(=O)c1ccnc(CN)c1. The molecule has 0 aliphatic carbocycles. The number of rotatable bonds is 6. The van der Waals surface area contributed by atoms with Crippen molar-refractivity contribution in [2.45, 2.75) is 45.7 Å². The van der Waals surface area contributed by atoms with E-state index < -0.39 is 0 Å². The molecule has 0 spiro atoms. The van der Waals surface area contributed by atoms with Gasteiger partial charge in [-0.3, -0.25) is 9.78 Å². The minimum absolute atomic E-state index is 0.0503. The molecule has 4 heteroatoms. The third-order valence-corrected chi connectivity index (χ3v) is 2.66. The van der Waals surface area contributed by atoms with Gasteiger partial charge in [0.15, 0.2) is 0 Å². The maximum Gasteiger partial charge on any atom is 0.251 e. The first-order valence-electron chi connectivity index (χ1n) is 6.13. The van der Waals surface area contributed by atoms with Crippen LogP contribution in [-0.2, 0) is 6.54 Å². The minimum atomic E-state index is -0.0503. The van der Waals surface area contributed by atoms with Crippen LogP contribution in [0.3, 0.4) is 0 Å². The van der Waals surface area contributed by atoms with Crippen LogP contribution in [0.15, 0.2) is 18.3 Å². The molecule has 0 saturated carbocycles. The van der Waals surface area contributed by atoms with E-state index in [2.05, 4.69) is 17.2 Å². The number of hydrogen-bond donors (Lipinski definition) is 2. The van der Waals surface area contributed by atoms with E-state index in [1.807, 2.05) is 6.92 Å². The van der Waals surface area contributed by atoms with Crippen LogP contribution in [0.2, 0.25) is 0 Å². The highest BCUT2D eigenvalue weighted by atomic mass is 16.1. The van der Waals surface area contributed by atoms with E-state index in [9.17, 15) is 4.79 Å². The molecule has 0 saturated heterocycles. The number of carbonyl (C=O) groups excluding carboxylic acids is 1. The zero-order valence-electron chi connectivity index (χ0n) is 10.6. The van der Waals surface area contributed by atoms with E-state index >= 15 is 0 Å². The molecule has 1 aromatic heterocycles. The summed E-state index contributed by atoms with van der Waals surface area (Å²) < 4.78 is 0. The Labute approximate surface area is 103 Å². The molecule has 0 aliphatic heterocycles. The second-order valence-corrected chi connectivity index (χ2v) is 4.26. The summed E-state index contributed by atoms with van der Waals surface area (Å²) in [5.41, 5.74) is 6.86. The van der Waals surface area contributed by atoms with Crippen LogP contribution in [0.1, 0.15) is 49.2 Å². The van der Waals surface area contributed by atoms with Crippen molar-refractivity contribution in [3.63, 3.8) is 0 Å². The van der Waals surface area contributed by atoms with Gasteiger partial charge in [-0.1, -0.05) is 19.8 Å². The van der Waals surface area contributed by atoms with Crippen LogP contribution >= 0.6 is 0 Å². The van der Waals surface area contributed by atoms with E-state index in [0.29, 0.717) is 12.1 Å². The van der Waals surface area contributed by atoms with Gasteiger partial charge in [-0.05, 0) is 25.5 Å². The Morgan fingerprint density at radius 1 is 1.59 bits per heavy atom. The molecule has 4 nitrogen and oxygen atoms in total. The molecule has 1 heterocycles. The molecule has 1 unspecified atom stereocenters. The van der Waals surface area contributed by atoms with Gasteiger partial charge in [-0.15, -0.1) is 0 Å². The van der Waals surface area contributed by atoms with Crippen molar-refractivity contribution >= 4 is 5.91 Å². The standard InChI is InChI=1S/C13H21N3O/c1-3-4-5-10(2)16-13(17)11-6-7-15-12(8-11)9-14/h6-8,10H,3-5,9,14H2,1-2H3,(H,16,17). The Balaban J connectivity index is 2.56. The molecule has 94 valence electrons. The topological polar surface area (TPSA) is 68.0 Å². The maximum atomic E-state index is 11.9. The monoisotopic (exact) mass is 235 g/mol. The molecule has 0 fully saturated rings. The number of hydrogen-bond acceptors (Lipinski definition) is 3. The second-order valence-electron chi connectivity index (χ2n) is 4.26. The Kier molecular flexibility index (Phi) is 5.63. The minimum Gasteiger partial charge on any atom is -0.350 e. The van der Waals surface area contributed by atoms with E-state index in [1.165, 1.54) is 0 Å². The molecule has 1 rings (SSSR count). The zero-order chi connectivity index (χ0) is 12.7. The Bertz CT molecular complexity index is 365. The van der Waals surface area contributed by atoms with Gasteiger partial charge in [-0.25, -0.2) is 0 Å². The van der Waals surface area contributed by atoms with E-state index in [-0.39, 0.29) is 11.9 Å². The number of nitrogens with zero attached hydrogens (tertiary/aromatic N) is 1. The summed E-state index contributed by atoms with van der Waals surface area (Å²) in [5, 5.41) is 2.97. The molecule has 1 aromatic rings. The molecule has 17 heavy (non-hydrogen) atoms. The fourth-order valence-electron chi connectivity index (χ4n) is 1.62. The largest absolute Gasteiger partial charge is 0.350 e. The lowest BCUT2D eigenvalue weighted by Crippen LogP contribution is -2.32. The summed E-state index contributed by atoms with van der Waals surface area (Å²) in [6.07, 6.45) is 4.91. The second kappa shape index (κ2) is 7.01. The van der Waals surface area contributed by atoms with Crippen molar-refractivity contribution in [1.82, 2.24) is 10.3 Å². The summed E-state index contributed by atoms with van der Waals surface area (Å²) in [7, 11) is 0. The smallest absolute Gasteiger partial charge is 0.251 e. The number of nitrogens with one attached hydrogen (secondary N) is 1. The Hall–Kier alpha value is -1.42. The summed E-state index contributed by atoms with van der Waals surface area (Å²) in [5.74, 6) is -0.0503. The van der Waals surface area contributed by atoms with Crippen molar-refractivity contribution in [2.24, 2.45) is 5.73 Å². The molecule has 0 aromatic carbocycles. The van der Waals surface area contributed by atoms with Gasteiger partial charge in [0, 0.05) is 24.3 Å². The van der Waals surface area contributed by atoms with Crippen LogP contribution in [0.25, 0.3) is 0 Å². The Morgan fingerprint density at radius 3 is 3.00 bits per heavy atom. The summed E-state index contributed by atoms with van der Waals surface area (Å²) in [6, 6.07) is 3.65. The van der Waals surface area contributed by atoms with Gasteiger partial charge in [-0.2, -0.15) is 0 Å². The third-order valence-electron chi connectivity index (χ3n) is 2.66. The maximum absolute atomic E-state index is 11.9. The summed E-state index contributed by atoms with van der Waals surface area (Å²) >= 11 is 0. The quantitative estimate of drug-likeness (QED) is 0.790. The summed E-state index contributed by atoms with van der Waals surface area (Å²) in [6.45, 7) is 4.52. The molecular weight excluding hydrogens is 214 g/mol. The van der Waals surface area contributed by atoms with Gasteiger partial charge >= 0.3 is 0 Å². The van der Waals surface area contributed by atoms with E-state index in [0.717, 1.165) is 25.0 Å². The van der Waals surface area contributed by atoms with Crippen molar-refractivity contribution < 1.29 is 4.79 Å². The first-order chi connectivity index (χ1) is 8.17. The fourth-order valence-corrected chi connectivity index (χ4v) is 1.62. The third kappa shape index (κ3) is 4.53. The lowest BCUT2D eigenvalue weighted by molar-refractivity contribution is 0.0937. The normalized spacial score (nSPS) is 12.2. The van der Waals surface area contributed by atoms with Gasteiger partial charge < -0.3 is 11.1 Å². The average molecular weight is 235 g/mol. The van der Waals surface area contributed by atoms with Crippen LogP contribution in [0, 0.1) is 0 Å². The van der Waals surface area contributed by atoms with E-state index in [1.54, 1.807) is 18.3 Å². The van der Waals surface area contributed by atoms with Gasteiger partial charge in [0.05, 0.1) is 5.69 Å². The van der Waals surface area contributed by atoms with Crippen molar-refractivity contribution in [1.29, 1.82) is 0 Å².